The number of ether oxygens (including phenoxy) is 1. The second-order valence-corrected chi connectivity index (χ2v) is 8.10. The number of amides is 1. The van der Waals surface area contributed by atoms with E-state index in [0.717, 1.165) is 2.88 Å². The number of esters is 1. The van der Waals surface area contributed by atoms with Crippen molar-refractivity contribution >= 4 is 51.8 Å². The Hall–Kier alpha value is -1.16. The van der Waals surface area contributed by atoms with E-state index < -0.39 is 35.9 Å². The number of thiophene rings is 1. The van der Waals surface area contributed by atoms with E-state index in [-0.39, 0.29) is 0 Å². The molecule has 0 saturated carbocycles. The molecule has 0 aromatic carbocycles. The maximum absolute atomic E-state index is 11.9. The molecule has 21 heavy (non-hydrogen) atoms. The monoisotopic (exact) mass is 425 g/mol. The first-order chi connectivity index (χ1) is 9.58. The van der Waals surface area contributed by atoms with Crippen molar-refractivity contribution in [3.05, 3.63) is 19.9 Å². The summed E-state index contributed by atoms with van der Waals surface area (Å²) in [6.07, 6.45) is -0.417. The zero-order chi connectivity index (χ0) is 16.2. The molecule has 0 spiro atoms. The number of carbonyl (C=O) groups is 3. The summed E-state index contributed by atoms with van der Waals surface area (Å²) in [5.41, 5.74) is -0.326. The molecule has 0 unspecified atom stereocenters. The van der Waals surface area contributed by atoms with Crippen LogP contribution in [0.2, 0.25) is 0 Å². The summed E-state index contributed by atoms with van der Waals surface area (Å²) in [5, 5.41) is 13.1. The summed E-state index contributed by atoms with van der Waals surface area (Å²) in [4.78, 5) is 34.7. The van der Waals surface area contributed by atoms with Crippen molar-refractivity contribution in [2.24, 2.45) is 0 Å². The van der Waals surface area contributed by atoms with Gasteiger partial charge in [0.2, 0.25) is 0 Å². The van der Waals surface area contributed by atoms with Crippen LogP contribution in [0, 0.1) is 2.88 Å². The van der Waals surface area contributed by atoms with E-state index in [9.17, 15) is 14.4 Å². The van der Waals surface area contributed by atoms with Gasteiger partial charge in [0, 0.05) is 5.38 Å². The molecule has 0 fully saturated rings. The lowest BCUT2D eigenvalue weighted by Gasteiger charge is -2.21. The molecule has 0 radical (unpaired) electrons. The van der Waals surface area contributed by atoms with E-state index in [1.807, 2.05) is 0 Å². The average Bonchev–Trinajstić information content (AvgIpc) is 2.72. The molecule has 0 aliphatic heterocycles. The maximum atomic E-state index is 11.9. The number of carboxylic acid groups (broad SMARTS) is 1. The second kappa shape index (κ2) is 7.21. The van der Waals surface area contributed by atoms with Crippen molar-refractivity contribution in [1.29, 1.82) is 0 Å². The van der Waals surface area contributed by atoms with Gasteiger partial charge in [-0.2, -0.15) is 0 Å². The number of hydrogen-bond acceptors (Lipinski definition) is 5. The minimum atomic E-state index is -1.31. The molecule has 2 N–H and O–H groups in total. The molecule has 6 nitrogen and oxygen atoms in total. The number of hydrogen-bond donors (Lipinski definition) is 2. The van der Waals surface area contributed by atoms with Gasteiger partial charge in [-0.05, 0) is 49.4 Å². The number of nitrogens with one attached hydrogen (secondary N) is 1. The Morgan fingerprint density at radius 2 is 2.05 bits per heavy atom. The third kappa shape index (κ3) is 6.42. The molecule has 1 aromatic heterocycles. The van der Waals surface area contributed by atoms with Crippen LogP contribution in [0.25, 0.3) is 0 Å². The minimum Gasteiger partial charge on any atom is -0.480 e. The Morgan fingerprint density at radius 1 is 1.43 bits per heavy atom. The zero-order valence-corrected chi connectivity index (χ0v) is 14.8. The summed E-state index contributed by atoms with van der Waals surface area (Å²) in [6.45, 7) is 5.06. The molecular formula is C13H16INO5S. The van der Waals surface area contributed by atoms with E-state index in [1.54, 1.807) is 32.2 Å². The molecule has 1 atom stereocenters. The number of aliphatic carboxylic acids is 1. The van der Waals surface area contributed by atoms with Gasteiger partial charge in [-0.1, -0.05) is 0 Å². The van der Waals surface area contributed by atoms with Gasteiger partial charge in [0.05, 0.1) is 14.9 Å². The van der Waals surface area contributed by atoms with Crippen molar-refractivity contribution < 1.29 is 24.2 Å². The highest BCUT2D eigenvalue weighted by Crippen LogP contribution is 2.17. The topological polar surface area (TPSA) is 92.7 Å². The first kappa shape index (κ1) is 17.9. The summed E-state index contributed by atoms with van der Waals surface area (Å²) < 4.78 is 5.97. The number of carbonyl (C=O) groups excluding carboxylic acids is 2. The third-order valence-electron chi connectivity index (χ3n) is 2.22. The second-order valence-electron chi connectivity index (χ2n) is 5.29. The molecular weight excluding hydrogens is 409 g/mol. The number of rotatable bonds is 5. The SMILES string of the molecule is CC(C)(C)OC(=O)C[C@H](NC(=O)c1csc(I)c1)C(=O)O. The largest absolute Gasteiger partial charge is 0.480 e. The van der Waals surface area contributed by atoms with Crippen LogP contribution in [0.4, 0.5) is 0 Å². The van der Waals surface area contributed by atoms with Crippen LogP contribution in [0.3, 0.4) is 0 Å². The first-order valence-electron chi connectivity index (χ1n) is 6.08. The highest BCUT2D eigenvalue weighted by Gasteiger charge is 2.27. The third-order valence-corrected chi connectivity index (χ3v) is 4.01. The predicted octanol–water partition coefficient (Wildman–Crippen LogP) is 2.27. The Kier molecular flexibility index (Phi) is 6.14. The lowest BCUT2D eigenvalue weighted by atomic mass is 10.1. The first-order valence-corrected chi connectivity index (χ1v) is 8.04. The summed E-state index contributed by atoms with van der Waals surface area (Å²) in [5.74, 6) is -2.47. The zero-order valence-electron chi connectivity index (χ0n) is 11.8. The Morgan fingerprint density at radius 3 is 2.48 bits per heavy atom. The van der Waals surface area contributed by atoms with Crippen LogP contribution in [0.15, 0.2) is 11.4 Å². The van der Waals surface area contributed by atoms with Gasteiger partial charge in [0.1, 0.15) is 11.6 Å². The number of carboxylic acids is 1. The lowest BCUT2D eigenvalue weighted by Crippen LogP contribution is -2.43. The van der Waals surface area contributed by atoms with Crippen LogP contribution < -0.4 is 5.32 Å². The van der Waals surface area contributed by atoms with Gasteiger partial charge in [0.15, 0.2) is 0 Å². The van der Waals surface area contributed by atoms with Crippen LogP contribution in [0.5, 0.6) is 0 Å². The molecule has 0 saturated heterocycles. The molecule has 1 heterocycles. The van der Waals surface area contributed by atoms with Crippen molar-refractivity contribution in [2.45, 2.75) is 38.8 Å². The van der Waals surface area contributed by atoms with Crippen LogP contribution >= 0.6 is 33.9 Å². The lowest BCUT2D eigenvalue weighted by molar-refractivity contribution is -0.158. The van der Waals surface area contributed by atoms with E-state index in [2.05, 4.69) is 27.9 Å². The molecule has 1 rings (SSSR count). The van der Waals surface area contributed by atoms with Gasteiger partial charge in [-0.15, -0.1) is 11.3 Å². The fraction of sp³-hybridized carbons (Fsp3) is 0.462. The Bertz CT molecular complexity index is 549. The van der Waals surface area contributed by atoms with Crippen LogP contribution in [-0.2, 0) is 14.3 Å². The molecule has 1 aromatic rings. The van der Waals surface area contributed by atoms with Crippen molar-refractivity contribution in [3.8, 4) is 0 Å². The highest BCUT2D eigenvalue weighted by molar-refractivity contribution is 14.1. The Labute approximate surface area is 140 Å². The van der Waals surface area contributed by atoms with E-state index in [0.29, 0.717) is 5.56 Å². The van der Waals surface area contributed by atoms with E-state index in [1.165, 1.54) is 11.3 Å². The quantitative estimate of drug-likeness (QED) is 0.558. The molecule has 8 heteroatoms. The molecule has 116 valence electrons. The van der Waals surface area contributed by atoms with Crippen LogP contribution in [-0.4, -0.2) is 34.6 Å². The minimum absolute atomic E-state index is 0.375. The van der Waals surface area contributed by atoms with E-state index >= 15 is 0 Å². The van der Waals surface area contributed by atoms with Crippen molar-refractivity contribution in [2.75, 3.05) is 0 Å². The predicted molar refractivity (Wildman–Crippen MR) is 86.4 cm³/mol. The Balaban J connectivity index is 2.68. The molecule has 0 bridgehead atoms. The van der Waals surface area contributed by atoms with Crippen molar-refractivity contribution in [3.63, 3.8) is 0 Å². The van der Waals surface area contributed by atoms with Crippen LogP contribution in [0.1, 0.15) is 37.6 Å². The van der Waals surface area contributed by atoms with E-state index in [4.69, 9.17) is 9.84 Å². The maximum Gasteiger partial charge on any atom is 0.326 e. The normalized spacial score (nSPS) is 12.6. The summed E-state index contributed by atoms with van der Waals surface area (Å²) in [7, 11) is 0. The molecule has 1 amide bonds. The van der Waals surface area contributed by atoms with Gasteiger partial charge in [-0.25, -0.2) is 4.79 Å². The number of halogens is 1. The van der Waals surface area contributed by atoms with Gasteiger partial charge >= 0.3 is 11.9 Å². The highest BCUT2D eigenvalue weighted by atomic mass is 127. The molecule has 0 aliphatic rings. The smallest absolute Gasteiger partial charge is 0.326 e. The fourth-order valence-corrected chi connectivity index (χ4v) is 2.75. The van der Waals surface area contributed by atoms with Gasteiger partial charge in [-0.3, -0.25) is 9.59 Å². The van der Waals surface area contributed by atoms with Gasteiger partial charge in [0.25, 0.3) is 5.91 Å². The standard InChI is InChI=1S/C13H16INO5S/c1-13(2,3)20-10(16)5-8(12(18)19)15-11(17)7-4-9(14)21-6-7/h4,6,8H,5H2,1-3H3,(H,15,17)(H,18,19)/t8-/m0/s1. The van der Waals surface area contributed by atoms with Gasteiger partial charge < -0.3 is 15.2 Å². The average molecular weight is 425 g/mol. The van der Waals surface area contributed by atoms with Crippen molar-refractivity contribution in [1.82, 2.24) is 5.32 Å². The fourth-order valence-electron chi connectivity index (χ4n) is 1.42. The molecule has 0 aliphatic carbocycles. The summed E-state index contributed by atoms with van der Waals surface area (Å²) >= 11 is 3.44. The summed E-state index contributed by atoms with van der Waals surface area (Å²) in [6, 6.07) is 0.331.